The largest absolute Gasteiger partial charge is 0.480 e. The van der Waals surface area contributed by atoms with Crippen LogP contribution in [0.5, 0.6) is 5.88 Å². The second kappa shape index (κ2) is 8.62. The summed E-state index contributed by atoms with van der Waals surface area (Å²) in [5.41, 5.74) is 2.00. The van der Waals surface area contributed by atoms with Crippen LogP contribution in [-0.2, 0) is 4.79 Å². The summed E-state index contributed by atoms with van der Waals surface area (Å²) >= 11 is 0. The van der Waals surface area contributed by atoms with Crippen molar-refractivity contribution < 1.29 is 14.3 Å². The lowest BCUT2D eigenvalue weighted by Gasteiger charge is -2.34. The summed E-state index contributed by atoms with van der Waals surface area (Å²) in [6.45, 7) is 4.15. The lowest BCUT2D eigenvalue weighted by atomic mass is 10.1. The molecular formula is C20H24N4O3. The van der Waals surface area contributed by atoms with Crippen molar-refractivity contribution in [3.63, 3.8) is 0 Å². The van der Waals surface area contributed by atoms with Crippen LogP contribution in [0.15, 0.2) is 36.4 Å². The minimum Gasteiger partial charge on any atom is -0.480 e. The van der Waals surface area contributed by atoms with Gasteiger partial charge in [-0.3, -0.25) is 9.59 Å². The van der Waals surface area contributed by atoms with Crippen molar-refractivity contribution in [1.29, 1.82) is 0 Å². The van der Waals surface area contributed by atoms with Crippen LogP contribution in [0, 0.1) is 0 Å². The molecule has 3 rings (SSSR count). The van der Waals surface area contributed by atoms with E-state index in [2.05, 4.69) is 17.1 Å². The predicted molar refractivity (Wildman–Crippen MR) is 101 cm³/mol. The molecule has 142 valence electrons. The summed E-state index contributed by atoms with van der Waals surface area (Å²) in [4.78, 5) is 28.6. The molecule has 1 saturated heterocycles. The topological polar surface area (TPSA) is 75.6 Å². The molecule has 0 atom stereocenters. The van der Waals surface area contributed by atoms with Gasteiger partial charge in [0.2, 0.25) is 11.8 Å². The molecule has 1 aliphatic heterocycles. The van der Waals surface area contributed by atoms with E-state index in [4.69, 9.17) is 4.74 Å². The van der Waals surface area contributed by atoms with Crippen molar-refractivity contribution in [3.05, 3.63) is 42.0 Å². The number of ether oxygens (including phenoxy) is 1. The molecule has 0 spiro atoms. The molecule has 2 heterocycles. The summed E-state index contributed by atoms with van der Waals surface area (Å²) < 4.78 is 5.02. The second-order valence-corrected chi connectivity index (χ2v) is 6.50. The van der Waals surface area contributed by atoms with Gasteiger partial charge in [-0.05, 0) is 24.6 Å². The molecule has 0 aliphatic carbocycles. The molecule has 1 aromatic carbocycles. The van der Waals surface area contributed by atoms with E-state index in [0.29, 0.717) is 30.2 Å². The number of piperazine rings is 1. The number of aromatic nitrogens is 2. The molecule has 0 bridgehead atoms. The maximum Gasteiger partial charge on any atom is 0.254 e. The van der Waals surface area contributed by atoms with Crippen LogP contribution in [0.1, 0.15) is 30.1 Å². The Morgan fingerprint density at radius 2 is 2.04 bits per heavy atom. The Bertz CT molecular complexity index is 807. The number of amides is 2. The quantitative estimate of drug-likeness (QED) is 0.782. The highest BCUT2D eigenvalue weighted by molar-refractivity contribution is 5.98. The van der Waals surface area contributed by atoms with Gasteiger partial charge in [-0.1, -0.05) is 25.5 Å². The van der Waals surface area contributed by atoms with E-state index in [9.17, 15) is 9.59 Å². The standard InChI is InChI=1S/C20H24N4O3/c1-3-4-10-23-11-12-24(14-19(23)25)20(26)16-7-5-6-15(13-16)17-8-9-18(27-2)22-21-17/h5-9,13H,3-4,10-12,14H2,1-2H3. The molecule has 1 fully saturated rings. The summed E-state index contributed by atoms with van der Waals surface area (Å²) in [6.07, 6.45) is 2.04. The first-order chi connectivity index (χ1) is 13.1. The first-order valence-electron chi connectivity index (χ1n) is 9.17. The maximum atomic E-state index is 12.8. The molecule has 0 unspecified atom stereocenters. The smallest absolute Gasteiger partial charge is 0.254 e. The van der Waals surface area contributed by atoms with Gasteiger partial charge >= 0.3 is 0 Å². The summed E-state index contributed by atoms with van der Waals surface area (Å²) in [5, 5.41) is 8.09. The van der Waals surface area contributed by atoms with E-state index < -0.39 is 0 Å². The number of carbonyl (C=O) groups excluding carboxylic acids is 2. The zero-order chi connectivity index (χ0) is 19.2. The molecule has 0 radical (unpaired) electrons. The molecule has 0 saturated carbocycles. The van der Waals surface area contributed by atoms with Gasteiger partial charge in [0.25, 0.3) is 5.91 Å². The van der Waals surface area contributed by atoms with Crippen LogP contribution in [0.4, 0.5) is 0 Å². The number of rotatable bonds is 6. The lowest BCUT2D eigenvalue weighted by molar-refractivity contribution is -0.135. The van der Waals surface area contributed by atoms with Gasteiger partial charge in [0.1, 0.15) is 6.54 Å². The number of nitrogens with zero attached hydrogens (tertiary/aromatic N) is 4. The normalized spacial score (nSPS) is 14.4. The number of hydrogen-bond donors (Lipinski definition) is 0. The van der Waals surface area contributed by atoms with Crippen molar-refractivity contribution in [2.24, 2.45) is 0 Å². The van der Waals surface area contributed by atoms with Gasteiger partial charge in [0.15, 0.2) is 0 Å². The molecule has 7 heteroatoms. The van der Waals surface area contributed by atoms with E-state index in [1.54, 1.807) is 29.2 Å². The van der Waals surface area contributed by atoms with Crippen LogP contribution >= 0.6 is 0 Å². The number of benzene rings is 1. The Kier molecular flexibility index (Phi) is 6.01. The van der Waals surface area contributed by atoms with E-state index in [1.165, 1.54) is 7.11 Å². The van der Waals surface area contributed by atoms with Crippen molar-refractivity contribution in [2.45, 2.75) is 19.8 Å². The molecular weight excluding hydrogens is 344 g/mol. The predicted octanol–water partition coefficient (Wildman–Crippen LogP) is 2.24. The Morgan fingerprint density at radius 1 is 1.19 bits per heavy atom. The van der Waals surface area contributed by atoms with Crippen LogP contribution in [-0.4, -0.2) is 65.1 Å². The Morgan fingerprint density at radius 3 is 2.70 bits per heavy atom. The van der Waals surface area contributed by atoms with Crippen molar-refractivity contribution >= 4 is 11.8 Å². The Balaban J connectivity index is 1.71. The van der Waals surface area contributed by atoms with E-state index in [-0.39, 0.29) is 18.4 Å². The summed E-state index contributed by atoms with van der Waals surface area (Å²) in [6, 6.07) is 10.8. The SMILES string of the molecule is CCCCN1CCN(C(=O)c2cccc(-c3ccc(OC)nn3)c2)CC1=O. The number of unbranched alkanes of at least 4 members (excludes halogenated alkanes) is 1. The van der Waals surface area contributed by atoms with Gasteiger partial charge in [0, 0.05) is 36.8 Å². The molecule has 1 aliphatic rings. The number of hydrogen-bond acceptors (Lipinski definition) is 5. The highest BCUT2D eigenvalue weighted by atomic mass is 16.5. The van der Waals surface area contributed by atoms with Crippen LogP contribution in [0.25, 0.3) is 11.3 Å². The first kappa shape index (κ1) is 18.8. The lowest BCUT2D eigenvalue weighted by Crippen LogP contribution is -2.52. The van der Waals surface area contributed by atoms with Crippen molar-refractivity contribution in [1.82, 2.24) is 20.0 Å². The van der Waals surface area contributed by atoms with Gasteiger partial charge in [-0.2, -0.15) is 0 Å². The zero-order valence-electron chi connectivity index (χ0n) is 15.7. The van der Waals surface area contributed by atoms with E-state index in [0.717, 1.165) is 24.9 Å². The molecule has 7 nitrogen and oxygen atoms in total. The minimum absolute atomic E-state index is 0.0141. The fourth-order valence-corrected chi connectivity index (χ4v) is 3.04. The van der Waals surface area contributed by atoms with Crippen LogP contribution < -0.4 is 4.74 Å². The average Bonchev–Trinajstić information content (AvgIpc) is 2.72. The Labute approximate surface area is 158 Å². The minimum atomic E-state index is -0.137. The summed E-state index contributed by atoms with van der Waals surface area (Å²) in [7, 11) is 1.53. The highest BCUT2D eigenvalue weighted by Gasteiger charge is 2.27. The third kappa shape index (κ3) is 4.42. The second-order valence-electron chi connectivity index (χ2n) is 6.50. The zero-order valence-corrected chi connectivity index (χ0v) is 15.7. The molecule has 2 amide bonds. The fourth-order valence-electron chi connectivity index (χ4n) is 3.04. The van der Waals surface area contributed by atoms with Gasteiger partial charge in [-0.25, -0.2) is 0 Å². The molecule has 1 aromatic heterocycles. The third-order valence-electron chi connectivity index (χ3n) is 4.64. The third-order valence-corrected chi connectivity index (χ3v) is 4.64. The average molecular weight is 368 g/mol. The highest BCUT2D eigenvalue weighted by Crippen LogP contribution is 2.20. The monoisotopic (exact) mass is 368 g/mol. The molecule has 27 heavy (non-hydrogen) atoms. The number of carbonyl (C=O) groups is 2. The van der Waals surface area contributed by atoms with Gasteiger partial charge in [-0.15, -0.1) is 10.2 Å². The van der Waals surface area contributed by atoms with Crippen molar-refractivity contribution in [2.75, 3.05) is 33.3 Å². The molecule has 0 N–H and O–H groups in total. The van der Waals surface area contributed by atoms with E-state index >= 15 is 0 Å². The first-order valence-corrected chi connectivity index (χ1v) is 9.17. The van der Waals surface area contributed by atoms with Gasteiger partial charge < -0.3 is 14.5 Å². The summed E-state index contributed by atoms with van der Waals surface area (Å²) in [5.74, 6) is 0.312. The van der Waals surface area contributed by atoms with Crippen LogP contribution in [0.2, 0.25) is 0 Å². The van der Waals surface area contributed by atoms with Crippen LogP contribution in [0.3, 0.4) is 0 Å². The van der Waals surface area contributed by atoms with Gasteiger partial charge in [0.05, 0.1) is 12.8 Å². The van der Waals surface area contributed by atoms with E-state index in [1.807, 2.05) is 17.0 Å². The maximum absolute atomic E-state index is 12.8. The molecule has 2 aromatic rings. The fraction of sp³-hybridized carbons (Fsp3) is 0.400. The van der Waals surface area contributed by atoms with Crippen molar-refractivity contribution in [3.8, 4) is 17.1 Å². The Hall–Kier alpha value is -2.96. The number of methoxy groups -OCH3 is 1.